The molecule has 1 aliphatic rings. The van der Waals surface area contributed by atoms with Crippen molar-refractivity contribution in [2.75, 3.05) is 18.4 Å². The number of anilines is 1. The van der Waals surface area contributed by atoms with Crippen LogP contribution in [-0.4, -0.2) is 41.0 Å². The summed E-state index contributed by atoms with van der Waals surface area (Å²) in [6, 6.07) is 9.10. The molecule has 0 aromatic heterocycles. The Morgan fingerprint density at radius 1 is 1.24 bits per heavy atom. The summed E-state index contributed by atoms with van der Waals surface area (Å²) in [4.78, 5) is 25.1. The van der Waals surface area contributed by atoms with Gasteiger partial charge in [0, 0.05) is 5.69 Å². The van der Waals surface area contributed by atoms with Crippen molar-refractivity contribution in [1.29, 1.82) is 0 Å². The molecule has 1 aliphatic heterocycles. The second-order valence-corrected chi connectivity index (χ2v) is 5.18. The maximum absolute atomic E-state index is 12.2. The summed E-state index contributed by atoms with van der Waals surface area (Å²) in [6.45, 7) is 3.17. The molecule has 0 bridgehead atoms. The van der Waals surface area contributed by atoms with Crippen LogP contribution in [0.25, 0.3) is 0 Å². The predicted octanol–water partition coefficient (Wildman–Crippen LogP) is 2.23. The molecule has 1 amide bonds. The first kappa shape index (κ1) is 17.5. The SMILES string of the molecule is CC(C(=O)Nc1ccccc1)N1CCC(C(=O)O)CC1.Cl. The molecular weight excluding hydrogens is 292 g/mol. The molecule has 1 aromatic rings. The van der Waals surface area contributed by atoms with Gasteiger partial charge in [0.15, 0.2) is 0 Å². The molecule has 2 rings (SSSR count). The Balaban J connectivity index is 0.00000220. The standard InChI is InChI=1S/C15H20N2O3.ClH/c1-11(14(18)16-13-5-3-2-4-6-13)17-9-7-12(8-10-17)15(19)20;/h2-6,11-12H,7-10H2,1H3,(H,16,18)(H,19,20);1H. The lowest BCUT2D eigenvalue weighted by Gasteiger charge is -2.33. The number of carbonyl (C=O) groups is 2. The van der Waals surface area contributed by atoms with Gasteiger partial charge in [-0.25, -0.2) is 0 Å². The van der Waals surface area contributed by atoms with Gasteiger partial charge in [-0.1, -0.05) is 18.2 Å². The third-order valence-corrected chi connectivity index (χ3v) is 3.85. The van der Waals surface area contributed by atoms with E-state index in [-0.39, 0.29) is 30.3 Å². The number of rotatable bonds is 4. The van der Waals surface area contributed by atoms with Crippen molar-refractivity contribution in [2.24, 2.45) is 5.92 Å². The van der Waals surface area contributed by atoms with Gasteiger partial charge < -0.3 is 10.4 Å². The van der Waals surface area contributed by atoms with Crippen LogP contribution in [0, 0.1) is 5.92 Å². The normalized spacial score (nSPS) is 17.6. The Hall–Kier alpha value is -1.59. The van der Waals surface area contributed by atoms with Crippen LogP contribution in [0.5, 0.6) is 0 Å². The molecule has 0 radical (unpaired) electrons. The van der Waals surface area contributed by atoms with E-state index in [2.05, 4.69) is 5.32 Å². The Labute approximate surface area is 130 Å². The van der Waals surface area contributed by atoms with E-state index < -0.39 is 5.97 Å². The topological polar surface area (TPSA) is 69.6 Å². The summed E-state index contributed by atoms with van der Waals surface area (Å²) < 4.78 is 0. The minimum atomic E-state index is -0.731. The molecule has 0 spiro atoms. The van der Waals surface area contributed by atoms with E-state index in [1.807, 2.05) is 42.2 Å². The first-order valence-corrected chi connectivity index (χ1v) is 6.90. The second kappa shape index (κ2) is 8.00. The second-order valence-electron chi connectivity index (χ2n) is 5.18. The van der Waals surface area contributed by atoms with E-state index in [4.69, 9.17) is 5.11 Å². The molecule has 5 nitrogen and oxygen atoms in total. The van der Waals surface area contributed by atoms with Gasteiger partial charge in [0.05, 0.1) is 12.0 Å². The number of piperidine rings is 1. The number of amides is 1. The summed E-state index contributed by atoms with van der Waals surface area (Å²) in [5, 5.41) is 11.8. The van der Waals surface area contributed by atoms with Crippen molar-refractivity contribution in [3.05, 3.63) is 30.3 Å². The summed E-state index contributed by atoms with van der Waals surface area (Å²) in [5.41, 5.74) is 0.782. The molecule has 6 heteroatoms. The molecule has 116 valence electrons. The first-order chi connectivity index (χ1) is 9.58. The first-order valence-electron chi connectivity index (χ1n) is 6.90. The average Bonchev–Trinajstić information content (AvgIpc) is 2.47. The zero-order chi connectivity index (χ0) is 14.5. The third-order valence-electron chi connectivity index (χ3n) is 3.85. The van der Waals surface area contributed by atoms with Gasteiger partial charge in [-0.3, -0.25) is 14.5 Å². The van der Waals surface area contributed by atoms with E-state index >= 15 is 0 Å². The van der Waals surface area contributed by atoms with Gasteiger partial charge in [-0.2, -0.15) is 0 Å². The number of nitrogens with zero attached hydrogens (tertiary/aromatic N) is 1. The highest BCUT2D eigenvalue weighted by atomic mass is 35.5. The molecule has 1 fully saturated rings. The summed E-state index contributed by atoms with van der Waals surface area (Å²) in [6.07, 6.45) is 1.22. The molecule has 0 saturated carbocycles. The maximum Gasteiger partial charge on any atom is 0.306 e. The lowest BCUT2D eigenvalue weighted by Crippen LogP contribution is -2.46. The molecule has 1 atom stereocenters. The summed E-state index contributed by atoms with van der Waals surface area (Å²) >= 11 is 0. The van der Waals surface area contributed by atoms with Crippen molar-refractivity contribution in [1.82, 2.24) is 4.90 Å². The molecule has 1 saturated heterocycles. The maximum atomic E-state index is 12.2. The van der Waals surface area contributed by atoms with Crippen LogP contribution in [0.15, 0.2) is 30.3 Å². The molecule has 1 heterocycles. The lowest BCUT2D eigenvalue weighted by atomic mass is 9.96. The fourth-order valence-corrected chi connectivity index (χ4v) is 2.47. The Kier molecular flexibility index (Phi) is 6.65. The Morgan fingerprint density at radius 3 is 2.33 bits per heavy atom. The van der Waals surface area contributed by atoms with Gasteiger partial charge in [-0.15, -0.1) is 12.4 Å². The van der Waals surface area contributed by atoms with Gasteiger partial charge >= 0.3 is 5.97 Å². The Bertz CT molecular complexity index is 473. The number of halogens is 1. The molecular formula is C15H21ClN2O3. The third kappa shape index (κ3) is 4.72. The zero-order valence-corrected chi connectivity index (χ0v) is 12.8. The number of carboxylic acid groups (broad SMARTS) is 1. The van der Waals surface area contributed by atoms with Crippen LogP contribution in [0.4, 0.5) is 5.69 Å². The Morgan fingerprint density at radius 2 is 1.81 bits per heavy atom. The number of nitrogens with one attached hydrogen (secondary N) is 1. The van der Waals surface area contributed by atoms with Crippen molar-refractivity contribution >= 4 is 30.0 Å². The van der Waals surface area contributed by atoms with Crippen LogP contribution < -0.4 is 5.32 Å². The highest BCUT2D eigenvalue weighted by Crippen LogP contribution is 2.19. The van der Waals surface area contributed by atoms with Gasteiger partial charge in [0.1, 0.15) is 0 Å². The summed E-state index contributed by atoms with van der Waals surface area (Å²) in [7, 11) is 0. The van der Waals surface area contributed by atoms with E-state index in [1.54, 1.807) is 0 Å². The summed E-state index contributed by atoms with van der Waals surface area (Å²) in [5.74, 6) is -1.05. The minimum absolute atomic E-state index is 0. The highest BCUT2D eigenvalue weighted by molar-refractivity contribution is 5.94. The van der Waals surface area contributed by atoms with Crippen LogP contribution in [0.2, 0.25) is 0 Å². The highest BCUT2D eigenvalue weighted by Gasteiger charge is 2.29. The van der Waals surface area contributed by atoms with Crippen molar-refractivity contribution in [2.45, 2.75) is 25.8 Å². The fourth-order valence-electron chi connectivity index (χ4n) is 2.47. The smallest absolute Gasteiger partial charge is 0.306 e. The van der Waals surface area contributed by atoms with Gasteiger partial charge in [0.25, 0.3) is 0 Å². The number of aliphatic carboxylic acids is 1. The molecule has 1 unspecified atom stereocenters. The van der Waals surface area contributed by atoms with E-state index in [9.17, 15) is 9.59 Å². The molecule has 0 aliphatic carbocycles. The predicted molar refractivity (Wildman–Crippen MR) is 83.7 cm³/mol. The number of hydrogen-bond acceptors (Lipinski definition) is 3. The van der Waals surface area contributed by atoms with Crippen LogP contribution >= 0.6 is 12.4 Å². The number of benzene rings is 1. The van der Waals surface area contributed by atoms with Crippen LogP contribution in [0.1, 0.15) is 19.8 Å². The molecule has 2 N–H and O–H groups in total. The van der Waals surface area contributed by atoms with Crippen LogP contribution in [0.3, 0.4) is 0 Å². The average molecular weight is 313 g/mol. The van der Waals surface area contributed by atoms with Crippen LogP contribution in [-0.2, 0) is 9.59 Å². The van der Waals surface area contributed by atoms with Crippen molar-refractivity contribution in [3.8, 4) is 0 Å². The zero-order valence-electron chi connectivity index (χ0n) is 12.0. The van der Waals surface area contributed by atoms with E-state index in [0.717, 1.165) is 5.69 Å². The van der Waals surface area contributed by atoms with Crippen molar-refractivity contribution < 1.29 is 14.7 Å². The lowest BCUT2D eigenvalue weighted by molar-refractivity contribution is -0.143. The molecule has 21 heavy (non-hydrogen) atoms. The van der Waals surface area contributed by atoms with Crippen molar-refractivity contribution in [3.63, 3.8) is 0 Å². The largest absolute Gasteiger partial charge is 0.481 e. The number of carbonyl (C=O) groups excluding carboxylic acids is 1. The monoisotopic (exact) mass is 312 g/mol. The number of para-hydroxylation sites is 1. The van der Waals surface area contributed by atoms with Gasteiger partial charge in [0.2, 0.25) is 5.91 Å². The minimum Gasteiger partial charge on any atom is -0.481 e. The van der Waals surface area contributed by atoms with Gasteiger partial charge in [-0.05, 0) is 45.0 Å². The van der Waals surface area contributed by atoms with E-state index in [1.165, 1.54) is 0 Å². The number of carboxylic acids is 1. The number of hydrogen-bond donors (Lipinski definition) is 2. The van der Waals surface area contributed by atoms with E-state index in [0.29, 0.717) is 25.9 Å². The molecule has 1 aromatic carbocycles. The fraction of sp³-hybridized carbons (Fsp3) is 0.467. The number of likely N-dealkylation sites (tertiary alicyclic amines) is 1. The quantitative estimate of drug-likeness (QED) is 0.894.